The van der Waals surface area contributed by atoms with Gasteiger partial charge in [0.1, 0.15) is 16.4 Å². The van der Waals surface area contributed by atoms with E-state index in [0.29, 0.717) is 18.0 Å². The van der Waals surface area contributed by atoms with Gasteiger partial charge >= 0.3 is 0 Å². The molecule has 0 aromatic heterocycles. The van der Waals surface area contributed by atoms with Gasteiger partial charge in [0.2, 0.25) is 0 Å². The summed E-state index contributed by atoms with van der Waals surface area (Å²) in [4.78, 5) is 13.0. The Labute approximate surface area is 200 Å². The second-order valence-corrected chi connectivity index (χ2v) is 10.2. The predicted octanol–water partition coefficient (Wildman–Crippen LogP) is 4.09. The number of sulfonamides is 1. The zero-order valence-corrected chi connectivity index (χ0v) is 20.2. The number of hydrogen-bond donors (Lipinski definition) is 1. The number of carbonyl (C=O) groups excluding carboxylic acids is 1. The molecule has 0 aliphatic carbocycles. The van der Waals surface area contributed by atoms with Crippen LogP contribution in [-0.4, -0.2) is 34.1 Å². The van der Waals surface area contributed by atoms with Crippen molar-refractivity contribution in [1.29, 1.82) is 0 Å². The third-order valence-corrected chi connectivity index (χ3v) is 7.56. The monoisotopic (exact) mass is 480 g/mol. The van der Waals surface area contributed by atoms with Crippen LogP contribution in [0.3, 0.4) is 0 Å². The van der Waals surface area contributed by atoms with Crippen molar-refractivity contribution in [2.45, 2.75) is 37.3 Å². The molecule has 0 saturated heterocycles. The molecule has 1 aliphatic rings. The smallest absolute Gasteiger partial charge is 0.268 e. The van der Waals surface area contributed by atoms with E-state index in [1.165, 1.54) is 11.4 Å². The lowest BCUT2D eigenvalue weighted by molar-refractivity contribution is -0.127. The quantitative estimate of drug-likeness (QED) is 0.551. The molecule has 1 heterocycles. The molecule has 1 N–H and O–H groups in total. The molecular weight excluding hydrogens is 452 g/mol. The lowest BCUT2D eigenvalue weighted by Gasteiger charge is -2.35. The fraction of sp³-hybridized carbons (Fsp3) is 0.269. The SMILES string of the molecule is COc1ccc(C(C)C)cc1S(=O)(=O)N1C[C@@H](C(=O)NCc2ccccc2)Oc2ccccc21. The first-order valence-corrected chi connectivity index (χ1v) is 12.5. The molecule has 0 spiro atoms. The zero-order chi connectivity index (χ0) is 24.3. The average Bonchev–Trinajstić information content (AvgIpc) is 2.86. The van der Waals surface area contributed by atoms with Gasteiger partial charge < -0.3 is 14.8 Å². The summed E-state index contributed by atoms with van der Waals surface area (Å²) in [6, 6.07) is 21.5. The Kier molecular flexibility index (Phi) is 6.79. The second kappa shape index (κ2) is 9.77. The normalized spacial score (nSPS) is 15.4. The molecule has 3 aromatic rings. The number of carbonyl (C=O) groups is 1. The van der Waals surface area contributed by atoms with Gasteiger partial charge in [-0.2, -0.15) is 0 Å². The van der Waals surface area contributed by atoms with Gasteiger partial charge in [-0.25, -0.2) is 8.42 Å². The number of fused-ring (bicyclic) bond motifs is 1. The lowest BCUT2D eigenvalue weighted by Crippen LogP contribution is -2.50. The topological polar surface area (TPSA) is 84.9 Å². The Morgan fingerprint density at radius 2 is 1.79 bits per heavy atom. The standard InChI is InChI=1S/C26H28N2O5S/c1-18(2)20-13-14-23(32-3)25(15-20)34(30,31)28-17-24(33-22-12-8-7-11-21(22)28)26(29)27-16-19-9-5-4-6-10-19/h4-15,18,24H,16-17H2,1-3H3,(H,27,29)/t24-/m0/s1. The molecular formula is C26H28N2O5S. The number of hydrogen-bond acceptors (Lipinski definition) is 5. The molecule has 34 heavy (non-hydrogen) atoms. The number of ether oxygens (including phenoxy) is 2. The molecule has 178 valence electrons. The van der Waals surface area contributed by atoms with Gasteiger partial charge in [0, 0.05) is 6.54 Å². The van der Waals surface area contributed by atoms with Crippen molar-refractivity contribution in [3.05, 3.63) is 83.9 Å². The summed E-state index contributed by atoms with van der Waals surface area (Å²) in [6.07, 6.45) is -1.01. The van der Waals surface area contributed by atoms with Crippen molar-refractivity contribution in [2.24, 2.45) is 0 Å². The van der Waals surface area contributed by atoms with Crippen LogP contribution in [-0.2, 0) is 21.4 Å². The van der Waals surface area contributed by atoms with E-state index in [-0.39, 0.29) is 29.0 Å². The van der Waals surface area contributed by atoms with E-state index in [4.69, 9.17) is 9.47 Å². The van der Waals surface area contributed by atoms with Crippen molar-refractivity contribution in [3.8, 4) is 11.5 Å². The van der Waals surface area contributed by atoms with Gasteiger partial charge in [-0.15, -0.1) is 0 Å². The van der Waals surface area contributed by atoms with Crippen LogP contribution in [0.15, 0.2) is 77.7 Å². The molecule has 0 fully saturated rings. The van der Waals surface area contributed by atoms with Gasteiger partial charge in [0.25, 0.3) is 15.9 Å². The summed E-state index contributed by atoms with van der Waals surface area (Å²) in [5.41, 5.74) is 2.19. The molecule has 0 unspecified atom stereocenters. The first kappa shape index (κ1) is 23.6. The molecule has 0 bridgehead atoms. The number of anilines is 1. The minimum atomic E-state index is -4.06. The number of rotatable bonds is 7. The van der Waals surface area contributed by atoms with Crippen LogP contribution >= 0.6 is 0 Å². The van der Waals surface area contributed by atoms with E-state index >= 15 is 0 Å². The van der Waals surface area contributed by atoms with Gasteiger partial charge in [0.15, 0.2) is 6.10 Å². The fourth-order valence-corrected chi connectivity index (χ4v) is 5.51. The van der Waals surface area contributed by atoms with Crippen molar-refractivity contribution >= 4 is 21.6 Å². The minimum absolute atomic E-state index is 0.0568. The maximum Gasteiger partial charge on any atom is 0.268 e. The Morgan fingerprint density at radius 3 is 2.50 bits per heavy atom. The van der Waals surface area contributed by atoms with Crippen molar-refractivity contribution < 1.29 is 22.7 Å². The Bertz CT molecular complexity index is 1280. The molecule has 0 saturated carbocycles. The Balaban J connectivity index is 1.68. The third kappa shape index (κ3) is 4.72. The highest BCUT2D eigenvalue weighted by Crippen LogP contribution is 2.39. The largest absolute Gasteiger partial charge is 0.495 e. The van der Waals surface area contributed by atoms with Crippen molar-refractivity contribution in [2.75, 3.05) is 18.0 Å². The van der Waals surface area contributed by atoms with Crippen molar-refractivity contribution in [1.82, 2.24) is 5.32 Å². The van der Waals surface area contributed by atoms with E-state index in [1.54, 1.807) is 36.4 Å². The van der Waals surface area contributed by atoms with E-state index in [9.17, 15) is 13.2 Å². The Morgan fingerprint density at radius 1 is 1.09 bits per heavy atom. The number of para-hydroxylation sites is 2. The predicted molar refractivity (Wildman–Crippen MR) is 131 cm³/mol. The fourth-order valence-electron chi connectivity index (χ4n) is 3.84. The first-order chi connectivity index (χ1) is 16.3. The summed E-state index contributed by atoms with van der Waals surface area (Å²) in [7, 11) is -2.62. The second-order valence-electron chi connectivity index (χ2n) is 8.38. The van der Waals surface area contributed by atoms with Crippen LogP contribution in [0, 0.1) is 0 Å². The number of nitrogens with zero attached hydrogens (tertiary/aromatic N) is 1. The molecule has 0 radical (unpaired) electrons. The maximum absolute atomic E-state index is 13.9. The summed E-state index contributed by atoms with van der Waals surface area (Å²) in [5, 5.41) is 2.85. The number of benzene rings is 3. The first-order valence-electron chi connectivity index (χ1n) is 11.1. The van der Waals surface area contributed by atoms with Crippen LogP contribution in [0.5, 0.6) is 11.5 Å². The third-order valence-electron chi connectivity index (χ3n) is 5.76. The maximum atomic E-state index is 13.9. The van der Waals surface area contributed by atoms with Crippen LogP contribution in [0.2, 0.25) is 0 Å². The minimum Gasteiger partial charge on any atom is -0.495 e. The summed E-state index contributed by atoms with van der Waals surface area (Å²) < 4.78 is 40.4. The van der Waals surface area contributed by atoms with Gasteiger partial charge in [-0.3, -0.25) is 9.10 Å². The highest BCUT2D eigenvalue weighted by atomic mass is 32.2. The number of methoxy groups -OCH3 is 1. The van der Waals surface area contributed by atoms with Crippen LogP contribution in [0.25, 0.3) is 0 Å². The van der Waals surface area contributed by atoms with E-state index < -0.39 is 16.1 Å². The highest BCUT2D eigenvalue weighted by Gasteiger charge is 2.38. The summed E-state index contributed by atoms with van der Waals surface area (Å²) in [6.45, 7) is 4.15. The van der Waals surface area contributed by atoms with Crippen LogP contribution in [0.4, 0.5) is 5.69 Å². The molecule has 1 atom stereocenters. The van der Waals surface area contributed by atoms with E-state index in [0.717, 1.165) is 11.1 Å². The molecule has 1 aliphatic heterocycles. The summed E-state index contributed by atoms with van der Waals surface area (Å²) >= 11 is 0. The molecule has 8 heteroatoms. The average molecular weight is 481 g/mol. The van der Waals surface area contributed by atoms with Crippen molar-refractivity contribution in [3.63, 3.8) is 0 Å². The van der Waals surface area contributed by atoms with E-state index in [1.807, 2.05) is 50.2 Å². The summed E-state index contributed by atoms with van der Waals surface area (Å²) in [5.74, 6) is 0.324. The van der Waals surface area contributed by atoms with Gasteiger partial charge in [-0.1, -0.05) is 62.4 Å². The van der Waals surface area contributed by atoms with Gasteiger partial charge in [0.05, 0.1) is 19.3 Å². The highest BCUT2D eigenvalue weighted by molar-refractivity contribution is 7.93. The van der Waals surface area contributed by atoms with Crippen LogP contribution < -0.4 is 19.1 Å². The number of nitrogens with one attached hydrogen (secondary N) is 1. The Hall–Kier alpha value is -3.52. The van der Waals surface area contributed by atoms with Gasteiger partial charge in [-0.05, 0) is 41.3 Å². The lowest BCUT2D eigenvalue weighted by atomic mass is 10.0. The molecule has 3 aromatic carbocycles. The van der Waals surface area contributed by atoms with E-state index in [2.05, 4.69) is 5.32 Å². The number of amides is 1. The molecule has 4 rings (SSSR count). The molecule has 1 amide bonds. The molecule has 7 nitrogen and oxygen atoms in total. The van der Waals surface area contributed by atoms with Crippen LogP contribution in [0.1, 0.15) is 30.9 Å². The zero-order valence-electron chi connectivity index (χ0n) is 19.4.